The van der Waals surface area contributed by atoms with Crippen LogP contribution in [0.15, 0.2) is 4.99 Å². The average Bonchev–Trinajstić information content (AvgIpc) is 3.29. The van der Waals surface area contributed by atoms with Crippen LogP contribution in [0.2, 0.25) is 0 Å². The average molecular weight is 552 g/mol. The van der Waals surface area contributed by atoms with E-state index >= 15 is 0 Å². The van der Waals surface area contributed by atoms with Gasteiger partial charge in [0.2, 0.25) is 17.7 Å². The molecule has 0 unspecified atom stereocenters. The number of unbranched alkanes of at least 4 members (excludes halogenated alkanes) is 1. The summed E-state index contributed by atoms with van der Waals surface area (Å²) in [5.41, 5.74) is 5.24. The second-order valence-corrected chi connectivity index (χ2v) is 12.1. The minimum Gasteiger partial charge on any atom is -0.480 e. The number of nitrogens with zero attached hydrogens (tertiary/aromatic N) is 2. The van der Waals surface area contributed by atoms with Gasteiger partial charge in [-0.05, 0) is 85.2 Å². The number of nitrogens with two attached hydrogens (primary N) is 1. The molecule has 39 heavy (non-hydrogen) atoms. The number of carbonyl (C=O) groups is 4. The summed E-state index contributed by atoms with van der Waals surface area (Å²) in [5, 5.41) is 20.6. The van der Waals surface area contributed by atoms with Crippen LogP contribution in [0.4, 0.5) is 0 Å². The maximum absolute atomic E-state index is 13.5. The van der Waals surface area contributed by atoms with Gasteiger partial charge in [0.05, 0.1) is 12.1 Å². The van der Waals surface area contributed by atoms with Crippen LogP contribution in [0.1, 0.15) is 80.1 Å². The molecule has 0 saturated carbocycles. The molecule has 2 aliphatic rings. The van der Waals surface area contributed by atoms with Crippen LogP contribution in [-0.2, 0) is 19.2 Å². The predicted molar refractivity (Wildman–Crippen MR) is 150 cm³/mol. The normalized spacial score (nSPS) is 22.9. The summed E-state index contributed by atoms with van der Waals surface area (Å²) in [6, 6.07) is -2.32. The first-order valence-electron chi connectivity index (χ1n) is 14.2. The van der Waals surface area contributed by atoms with Gasteiger partial charge >= 0.3 is 5.97 Å². The summed E-state index contributed by atoms with van der Waals surface area (Å²) < 4.78 is 0. The highest BCUT2D eigenvalue weighted by Gasteiger charge is 2.45. The molecule has 12 heteroatoms. The summed E-state index contributed by atoms with van der Waals surface area (Å²) >= 11 is 0. The highest BCUT2D eigenvalue weighted by molar-refractivity contribution is 5.97. The molecule has 2 heterocycles. The Morgan fingerprint density at radius 1 is 1.13 bits per heavy atom. The van der Waals surface area contributed by atoms with E-state index in [2.05, 4.69) is 26.2 Å². The Hall–Kier alpha value is -2.73. The van der Waals surface area contributed by atoms with E-state index in [4.69, 9.17) is 15.8 Å². The number of fused-ring (bicyclic) bond motifs is 1. The number of carboxylic acid groups (broad SMARTS) is 1. The molecule has 2 aliphatic heterocycles. The molecule has 7 N–H and O–H groups in total. The Morgan fingerprint density at radius 2 is 1.82 bits per heavy atom. The lowest BCUT2D eigenvalue weighted by atomic mass is 9.98. The van der Waals surface area contributed by atoms with Crippen molar-refractivity contribution in [1.29, 1.82) is 0 Å². The SMILES string of the molecule is CC(C)C[C@H](NC1=N[C@@H](C)[C@@H](C(=O)NC(C)(C)C)N2CCC[C@H]12)C(=O)N[C@@H](CCCCN)C(=O)NCC(=O)O. The van der Waals surface area contributed by atoms with Gasteiger partial charge in [-0.2, -0.15) is 0 Å². The maximum Gasteiger partial charge on any atom is 0.322 e. The first kappa shape index (κ1) is 32.5. The lowest BCUT2D eigenvalue weighted by Gasteiger charge is -2.41. The first-order valence-corrected chi connectivity index (χ1v) is 14.2. The molecule has 0 aromatic rings. The highest BCUT2D eigenvalue weighted by atomic mass is 16.4. The quantitative estimate of drug-likeness (QED) is 0.178. The van der Waals surface area contributed by atoms with E-state index in [9.17, 15) is 19.2 Å². The third-order valence-corrected chi connectivity index (χ3v) is 6.87. The zero-order valence-corrected chi connectivity index (χ0v) is 24.4. The molecule has 2 rings (SSSR count). The molecule has 222 valence electrons. The van der Waals surface area contributed by atoms with Crippen molar-refractivity contribution in [2.75, 3.05) is 19.6 Å². The minimum atomic E-state index is -1.16. The molecule has 0 spiro atoms. The van der Waals surface area contributed by atoms with E-state index in [-0.39, 0.29) is 41.4 Å². The van der Waals surface area contributed by atoms with Crippen molar-refractivity contribution in [3.63, 3.8) is 0 Å². The van der Waals surface area contributed by atoms with Crippen LogP contribution in [0.25, 0.3) is 0 Å². The number of amidine groups is 1. The van der Waals surface area contributed by atoms with Gasteiger partial charge in [-0.3, -0.25) is 29.1 Å². The van der Waals surface area contributed by atoms with E-state index in [0.717, 1.165) is 19.4 Å². The van der Waals surface area contributed by atoms with Crippen molar-refractivity contribution in [2.45, 2.75) is 116 Å². The maximum atomic E-state index is 13.5. The Labute approximate surface area is 232 Å². The number of hydrogen-bond donors (Lipinski definition) is 6. The topological polar surface area (TPSA) is 178 Å². The van der Waals surface area contributed by atoms with Crippen molar-refractivity contribution < 1.29 is 24.3 Å². The molecule has 5 atom stereocenters. The van der Waals surface area contributed by atoms with Crippen LogP contribution in [0.3, 0.4) is 0 Å². The van der Waals surface area contributed by atoms with Crippen LogP contribution in [-0.4, -0.2) is 94.9 Å². The lowest BCUT2D eigenvalue weighted by Crippen LogP contribution is -2.64. The monoisotopic (exact) mass is 551 g/mol. The van der Waals surface area contributed by atoms with Crippen molar-refractivity contribution in [3.05, 3.63) is 0 Å². The van der Waals surface area contributed by atoms with Gasteiger partial charge in [0.25, 0.3) is 0 Å². The molecule has 0 radical (unpaired) electrons. The molecule has 12 nitrogen and oxygen atoms in total. The van der Waals surface area contributed by atoms with Crippen LogP contribution in [0.5, 0.6) is 0 Å². The fourth-order valence-electron chi connectivity index (χ4n) is 5.22. The Bertz CT molecular complexity index is 901. The first-order chi connectivity index (χ1) is 18.2. The van der Waals surface area contributed by atoms with Crippen LogP contribution < -0.4 is 27.0 Å². The zero-order valence-electron chi connectivity index (χ0n) is 24.4. The predicted octanol–water partition coefficient (Wildman–Crippen LogP) is 0.354. The summed E-state index contributed by atoms with van der Waals surface area (Å²) in [6.07, 6.45) is 3.90. The molecule has 0 bridgehead atoms. The number of nitrogens with one attached hydrogen (secondary N) is 4. The zero-order chi connectivity index (χ0) is 29.3. The second-order valence-electron chi connectivity index (χ2n) is 12.1. The standard InChI is InChI=1S/C27H49N7O5/c1-16(2)14-19(25(38)32-18(10-7-8-12-28)24(37)29-15-21(35)36)31-23-20-11-9-13-34(20)22(17(3)30-23)26(39)33-27(4,5)6/h16-20,22H,7-15,28H2,1-6H3,(H,29,37)(H,30,31)(H,32,38)(H,33,39)(H,35,36)/t17-,18-,19-,20+,22-/m0/s1. The minimum absolute atomic E-state index is 0.0473. The fourth-order valence-corrected chi connectivity index (χ4v) is 5.22. The molecule has 1 saturated heterocycles. The Kier molecular flexibility index (Phi) is 12.2. The molecular weight excluding hydrogens is 502 g/mol. The van der Waals surface area contributed by atoms with Crippen molar-refractivity contribution in [1.82, 2.24) is 26.2 Å². The molecule has 3 amide bonds. The smallest absolute Gasteiger partial charge is 0.322 e. The summed E-state index contributed by atoms with van der Waals surface area (Å²) in [4.78, 5) is 57.4. The Balaban J connectivity index is 2.23. The van der Waals surface area contributed by atoms with Gasteiger partial charge in [0.1, 0.15) is 30.5 Å². The Morgan fingerprint density at radius 3 is 2.41 bits per heavy atom. The summed E-state index contributed by atoms with van der Waals surface area (Å²) in [6.45, 7) is 12.5. The van der Waals surface area contributed by atoms with Gasteiger partial charge in [0.15, 0.2) is 0 Å². The molecular formula is C27H49N7O5. The highest BCUT2D eigenvalue weighted by Crippen LogP contribution is 2.28. The third-order valence-electron chi connectivity index (χ3n) is 6.87. The van der Waals surface area contributed by atoms with Crippen LogP contribution in [0, 0.1) is 5.92 Å². The van der Waals surface area contributed by atoms with Gasteiger partial charge in [-0.25, -0.2) is 0 Å². The lowest BCUT2D eigenvalue weighted by molar-refractivity contribution is -0.138. The van der Waals surface area contributed by atoms with Crippen molar-refractivity contribution >= 4 is 29.5 Å². The van der Waals surface area contributed by atoms with E-state index in [1.54, 1.807) is 0 Å². The number of hydrogen-bond acceptors (Lipinski definition) is 8. The number of amides is 3. The second kappa shape index (κ2) is 14.6. The van der Waals surface area contributed by atoms with Crippen molar-refractivity contribution in [2.24, 2.45) is 16.6 Å². The van der Waals surface area contributed by atoms with Gasteiger partial charge in [-0.1, -0.05) is 13.8 Å². The van der Waals surface area contributed by atoms with E-state index in [1.165, 1.54) is 0 Å². The molecule has 0 aromatic carbocycles. The van der Waals surface area contributed by atoms with Crippen molar-refractivity contribution in [3.8, 4) is 0 Å². The number of carboxylic acids is 1. The molecule has 0 aliphatic carbocycles. The molecule has 0 aromatic heterocycles. The number of aliphatic carboxylic acids is 1. The molecule has 1 fully saturated rings. The number of aliphatic imine (C=N–C) groups is 1. The number of rotatable bonds is 13. The third kappa shape index (κ3) is 10.1. The van der Waals surface area contributed by atoms with Crippen LogP contribution >= 0.6 is 0 Å². The summed E-state index contributed by atoms with van der Waals surface area (Å²) in [5.74, 6) is -1.22. The van der Waals surface area contributed by atoms with Gasteiger partial charge in [0, 0.05) is 5.54 Å². The van der Waals surface area contributed by atoms with E-state index < -0.39 is 30.5 Å². The van der Waals surface area contributed by atoms with E-state index in [1.807, 2.05) is 41.5 Å². The van der Waals surface area contributed by atoms with Gasteiger partial charge < -0.3 is 32.1 Å². The fraction of sp³-hybridized carbons (Fsp3) is 0.815. The summed E-state index contributed by atoms with van der Waals surface area (Å²) in [7, 11) is 0. The largest absolute Gasteiger partial charge is 0.480 e. The van der Waals surface area contributed by atoms with Gasteiger partial charge in [-0.15, -0.1) is 0 Å². The number of carbonyl (C=O) groups excluding carboxylic acids is 3. The van der Waals surface area contributed by atoms with E-state index in [0.29, 0.717) is 38.1 Å².